The van der Waals surface area contributed by atoms with Crippen molar-refractivity contribution in [3.05, 3.63) is 76.9 Å². The highest BCUT2D eigenvalue weighted by molar-refractivity contribution is 6.30. The summed E-state index contributed by atoms with van der Waals surface area (Å²) in [7, 11) is 0. The summed E-state index contributed by atoms with van der Waals surface area (Å²) in [6.07, 6.45) is 0. The fourth-order valence-corrected chi connectivity index (χ4v) is 3.36. The maximum atomic E-state index is 12.8. The molecule has 1 aliphatic rings. The molecule has 0 aliphatic carbocycles. The van der Waals surface area contributed by atoms with Crippen molar-refractivity contribution in [1.82, 2.24) is 14.8 Å². The normalized spacial score (nSPS) is 14.4. The Labute approximate surface area is 162 Å². The minimum atomic E-state index is -0.0978. The van der Waals surface area contributed by atoms with Crippen molar-refractivity contribution in [2.24, 2.45) is 0 Å². The summed E-state index contributed by atoms with van der Waals surface area (Å²) < 4.78 is 0. The average molecular weight is 380 g/mol. The van der Waals surface area contributed by atoms with Gasteiger partial charge >= 0.3 is 0 Å². The fraction of sp³-hybridized carbons (Fsp3) is 0.190. The number of hydrogen-bond acceptors (Lipinski definition) is 3. The zero-order valence-electron chi connectivity index (χ0n) is 14.6. The maximum Gasteiger partial charge on any atom is 0.272 e. The van der Waals surface area contributed by atoms with Crippen molar-refractivity contribution < 1.29 is 9.59 Å². The molecule has 4 rings (SSSR count). The lowest BCUT2D eigenvalue weighted by Crippen LogP contribution is -2.50. The third-order valence-corrected chi connectivity index (χ3v) is 5.01. The molecule has 0 bridgehead atoms. The highest BCUT2D eigenvalue weighted by atomic mass is 35.5. The van der Waals surface area contributed by atoms with Gasteiger partial charge in [-0.05, 0) is 36.4 Å². The molecular weight excluding hydrogens is 362 g/mol. The molecule has 27 heavy (non-hydrogen) atoms. The van der Waals surface area contributed by atoms with Gasteiger partial charge in [-0.3, -0.25) is 9.59 Å². The van der Waals surface area contributed by atoms with Crippen LogP contribution in [0, 0.1) is 0 Å². The predicted molar refractivity (Wildman–Crippen MR) is 105 cm³/mol. The van der Waals surface area contributed by atoms with Crippen LogP contribution >= 0.6 is 11.6 Å². The summed E-state index contributed by atoms with van der Waals surface area (Å²) in [6.45, 7) is 1.99. The van der Waals surface area contributed by atoms with Crippen molar-refractivity contribution in [3.8, 4) is 0 Å². The number of amides is 2. The highest BCUT2D eigenvalue weighted by Crippen LogP contribution is 2.16. The maximum absolute atomic E-state index is 12.8. The van der Waals surface area contributed by atoms with Gasteiger partial charge in [0, 0.05) is 42.2 Å². The first kappa shape index (κ1) is 17.5. The third kappa shape index (κ3) is 3.64. The Balaban J connectivity index is 1.42. The van der Waals surface area contributed by atoms with Gasteiger partial charge in [-0.1, -0.05) is 35.9 Å². The molecule has 0 radical (unpaired) electrons. The van der Waals surface area contributed by atoms with Gasteiger partial charge < -0.3 is 9.80 Å². The Bertz CT molecular complexity index is 996. The number of aromatic nitrogens is 1. The summed E-state index contributed by atoms with van der Waals surface area (Å²) in [5, 5.41) is 1.61. The van der Waals surface area contributed by atoms with Gasteiger partial charge in [-0.2, -0.15) is 0 Å². The lowest BCUT2D eigenvalue weighted by molar-refractivity contribution is 0.0532. The zero-order valence-corrected chi connectivity index (χ0v) is 15.4. The van der Waals surface area contributed by atoms with E-state index >= 15 is 0 Å². The van der Waals surface area contributed by atoms with E-state index in [1.807, 2.05) is 30.3 Å². The first-order chi connectivity index (χ1) is 13.1. The first-order valence-electron chi connectivity index (χ1n) is 8.82. The number of para-hydroxylation sites is 1. The van der Waals surface area contributed by atoms with Gasteiger partial charge in [0.1, 0.15) is 5.69 Å². The molecule has 3 aromatic rings. The van der Waals surface area contributed by atoms with Crippen molar-refractivity contribution in [1.29, 1.82) is 0 Å². The lowest BCUT2D eigenvalue weighted by Gasteiger charge is -2.34. The molecule has 1 saturated heterocycles. The second kappa shape index (κ2) is 7.37. The molecule has 0 spiro atoms. The highest BCUT2D eigenvalue weighted by Gasteiger charge is 2.26. The largest absolute Gasteiger partial charge is 0.335 e. The van der Waals surface area contributed by atoms with Crippen LogP contribution < -0.4 is 0 Å². The number of carbonyl (C=O) groups is 2. The van der Waals surface area contributed by atoms with E-state index in [0.717, 1.165) is 10.9 Å². The topological polar surface area (TPSA) is 53.5 Å². The number of hydrogen-bond donors (Lipinski definition) is 0. The van der Waals surface area contributed by atoms with E-state index in [1.165, 1.54) is 0 Å². The van der Waals surface area contributed by atoms with E-state index in [-0.39, 0.29) is 11.8 Å². The molecule has 0 atom stereocenters. The third-order valence-electron chi connectivity index (χ3n) is 4.76. The van der Waals surface area contributed by atoms with Crippen LogP contribution in [0.25, 0.3) is 10.9 Å². The molecule has 2 aromatic carbocycles. The van der Waals surface area contributed by atoms with Gasteiger partial charge in [0.05, 0.1) is 5.52 Å². The van der Waals surface area contributed by atoms with Crippen LogP contribution in [0.4, 0.5) is 0 Å². The minimum Gasteiger partial charge on any atom is -0.335 e. The number of fused-ring (bicyclic) bond motifs is 1. The number of halogens is 1. The van der Waals surface area contributed by atoms with Crippen LogP contribution in [0.3, 0.4) is 0 Å². The van der Waals surface area contributed by atoms with E-state index in [2.05, 4.69) is 4.98 Å². The molecule has 1 aromatic heterocycles. The van der Waals surface area contributed by atoms with Crippen molar-refractivity contribution in [3.63, 3.8) is 0 Å². The first-order valence-corrected chi connectivity index (χ1v) is 9.19. The predicted octanol–water partition coefficient (Wildman–Crippen LogP) is 3.49. The number of pyridine rings is 1. The molecule has 1 fully saturated rings. The van der Waals surface area contributed by atoms with E-state index < -0.39 is 0 Å². The van der Waals surface area contributed by atoms with Gasteiger partial charge in [-0.25, -0.2) is 4.98 Å². The van der Waals surface area contributed by atoms with Crippen molar-refractivity contribution >= 4 is 34.3 Å². The molecule has 0 N–H and O–H groups in total. The van der Waals surface area contributed by atoms with Crippen LogP contribution in [0.1, 0.15) is 20.8 Å². The lowest BCUT2D eigenvalue weighted by atomic mass is 10.1. The number of piperazine rings is 1. The minimum absolute atomic E-state index is 0.0393. The smallest absolute Gasteiger partial charge is 0.272 e. The number of nitrogens with zero attached hydrogens (tertiary/aromatic N) is 3. The van der Waals surface area contributed by atoms with Gasteiger partial charge in [0.25, 0.3) is 11.8 Å². The van der Waals surface area contributed by atoms with E-state index in [4.69, 9.17) is 11.6 Å². The summed E-state index contributed by atoms with van der Waals surface area (Å²) in [5.41, 5.74) is 1.85. The monoisotopic (exact) mass is 379 g/mol. The zero-order chi connectivity index (χ0) is 18.8. The molecule has 136 valence electrons. The van der Waals surface area contributed by atoms with E-state index in [1.54, 1.807) is 40.1 Å². The molecule has 2 heterocycles. The van der Waals surface area contributed by atoms with Crippen LogP contribution in [0.5, 0.6) is 0 Å². The second-order valence-corrected chi connectivity index (χ2v) is 6.92. The van der Waals surface area contributed by atoms with Gasteiger partial charge in [0.2, 0.25) is 0 Å². The van der Waals surface area contributed by atoms with E-state index in [0.29, 0.717) is 42.5 Å². The fourth-order valence-electron chi connectivity index (χ4n) is 3.23. The Morgan fingerprint density at radius 2 is 1.41 bits per heavy atom. The Kier molecular flexibility index (Phi) is 4.77. The Hall–Kier alpha value is -2.92. The molecule has 6 heteroatoms. The Morgan fingerprint density at radius 3 is 2.11 bits per heavy atom. The molecule has 0 unspecified atom stereocenters. The van der Waals surface area contributed by atoms with Crippen LogP contribution in [0.15, 0.2) is 60.7 Å². The van der Waals surface area contributed by atoms with Crippen LogP contribution in [0.2, 0.25) is 5.02 Å². The Morgan fingerprint density at radius 1 is 0.778 bits per heavy atom. The summed E-state index contributed by atoms with van der Waals surface area (Å²) in [5.74, 6) is -0.137. The molecule has 2 amide bonds. The van der Waals surface area contributed by atoms with Crippen molar-refractivity contribution in [2.75, 3.05) is 26.2 Å². The summed E-state index contributed by atoms with van der Waals surface area (Å²) >= 11 is 5.88. The molecular formula is C21H18ClN3O2. The van der Waals surface area contributed by atoms with Crippen LogP contribution in [-0.2, 0) is 0 Å². The number of carbonyl (C=O) groups excluding carboxylic acids is 2. The number of benzene rings is 2. The average Bonchev–Trinajstić information content (AvgIpc) is 2.73. The molecule has 1 aliphatic heterocycles. The number of rotatable bonds is 2. The quantitative estimate of drug-likeness (QED) is 0.685. The summed E-state index contributed by atoms with van der Waals surface area (Å²) in [4.78, 5) is 33.3. The second-order valence-electron chi connectivity index (χ2n) is 6.48. The van der Waals surface area contributed by atoms with E-state index in [9.17, 15) is 9.59 Å². The SMILES string of the molecule is O=C(c1ccc(Cl)cc1)N1CCN(C(=O)c2ccc3ccccc3n2)CC1. The van der Waals surface area contributed by atoms with Gasteiger partial charge in [0.15, 0.2) is 0 Å². The van der Waals surface area contributed by atoms with Crippen LogP contribution in [-0.4, -0.2) is 52.8 Å². The summed E-state index contributed by atoms with van der Waals surface area (Å²) in [6, 6.07) is 18.3. The molecule has 5 nitrogen and oxygen atoms in total. The standard InChI is InChI=1S/C21H18ClN3O2/c22-17-8-5-16(6-9-17)20(26)24-11-13-25(14-12-24)21(27)19-10-7-15-3-1-2-4-18(15)23-19/h1-10H,11-14H2. The van der Waals surface area contributed by atoms with Gasteiger partial charge in [-0.15, -0.1) is 0 Å². The van der Waals surface area contributed by atoms with Crippen molar-refractivity contribution in [2.45, 2.75) is 0 Å². The molecule has 0 saturated carbocycles.